The van der Waals surface area contributed by atoms with Gasteiger partial charge >= 0.3 is 0 Å². The Morgan fingerprint density at radius 2 is 2.19 bits per heavy atom. The molecule has 0 spiro atoms. The highest BCUT2D eigenvalue weighted by atomic mass is 35.5. The number of carbonyl (C=O) groups excluding carboxylic acids is 1. The fourth-order valence-electron chi connectivity index (χ4n) is 1.52. The fourth-order valence-corrected chi connectivity index (χ4v) is 1.87. The Balaban J connectivity index is 2.29. The zero-order valence-electron chi connectivity index (χ0n) is 11.8. The molecular formula is C14H20Cl2N2O3. The van der Waals surface area contributed by atoms with Crippen LogP contribution in [-0.4, -0.2) is 36.3 Å². The Morgan fingerprint density at radius 3 is 2.86 bits per heavy atom. The number of aliphatic hydroxyl groups excluding tert-OH is 1. The van der Waals surface area contributed by atoms with E-state index in [2.05, 4.69) is 5.32 Å². The van der Waals surface area contributed by atoms with Crippen molar-refractivity contribution in [1.82, 2.24) is 5.32 Å². The molecule has 118 valence electrons. The van der Waals surface area contributed by atoms with Crippen molar-refractivity contribution in [3.8, 4) is 5.75 Å². The van der Waals surface area contributed by atoms with E-state index in [1.807, 2.05) is 6.92 Å². The van der Waals surface area contributed by atoms with Crippen LogP contribution in [0.15, 0.2) is 18.2 Å². The third kappa shape index (κ3) is 7.00. The van der Waals surface area contributed by atoms with Crippen LogP contribution < -0.4 is 15.8 Å². The number of benzene rings is 1. The third-order valence-corrected chi connectivity index (χ3v) is 3.51. The minimum absolute atomic E-state index is 0.00757. The first-order chi connectivity index (χ1) is 9.90. The first-order valence-corrected chi connectivity index (χ1v) is 7.43. The summed E-state index contributed by atoms with van der Waals surface area (Å²) in [4.78, 5) is 11.5. The van der Waals surface area contributed by atoms with Gasteiger partial charge in [0.1, 0.15) is 23.5 Å². The van der Waals surface area contributed by atoms with Gasteiger partial charge in [0.05, 0.1) is 5.02 Å². The van der Waals surface area contributed by atoms with Crippen molar-refractivity contribution in [2.75, 3.05) is 13.2 Å². The smallest absolute Gasteiger partial charge is 0.220 e. The van der Waals surface area contributed by atoms with E-state index in [0.29, 0.717) is 28.6 Å². The lowest BCUT2D eigenvalue weighted by atomic mass is 10.2. The molecule has 0 aliphatic rings. The van der Waals surface area contributed by atoms with Crippen LogP contribution in [0.1, 0.15) is 19.8 Å². The number of nitrogens with one attached hydrogen (secondary N) is 1. The monoisotopic (exact) mass is 334 g/mol. The molecule has 1 rings (SSSR count). The van der Waals surface area contributed by atoms with E-state index >= 15 is 0 Å². The van der Waals surface area contributed by atoms with Crippen molar-refractivity contribution in [2.45, 2.75) is 31.9 Å². The van der Waals surface area contributed by atoms with Gasteiger partial charge in [0.25, 0.3) is 0 Å². The molecule has 1 aromatic rings. The molecule has 2 atom stereocenters. The van der Waals surface area contributed by atoms with Gasteiger partial charge in [0.2, 0.25) is 5.91 Å². The molecule has 1 aromatic carbocycles. The number of hydrogen-bond donors (Lipinski definition) is 3. The second-order valence-electron chi connectivity index (χ2n) is 4.84. The summed E-state index contributed by atoms with van der Waals surface area (Å²) in [5, 5.41) is 13.1. The van der Waals surface area contributed by atoms with Crippen LogP contribution in [0, 0.1) is 0 Å². The van der Waals surface area contributed by atoms with E-state index in [1.54, 1.807) is 18.2 Å². The van der Waals surface area contributed by atoms with Crippen LogP contribution in [0.3, 0.4) is 0 Å². The first-order valence-electron chi connectivity index (χ1n) is 6.67. The quantitative estimate of drug-likeness (QED) is 0.678. The van der Waals surface area contributed by atoms with Gasteiger partial charge in [-0.25, -0.2) is 0 Å². The van der Waals surface area contributed by atoms with Crippen molar-refractivity contribution in [1.29, 1.82) is 0 Å². The van der Waals surface area contributed by atoms with Gasteiger partial charge in [-0.1, -0.05) is 29.3 Å². The largest absolute Gasteiger partial charge is 0.489 e. The summed E-state index contributed by atoms with van der Waals surface area (Å²) in [6, 6.07) is 4.98. The van der Waals surface area contributed by atoms with Gasteiger partial charge in [0, 0.05) is 19.0 Å². The molecule has 7 heteroatoms. The number of hydrogen-bond acceptors (Lipinski definition) is 4. The third-order valence-electron chi connectivity index (χ3n) is 2.71. The Morgan fingerprint density at radius 1 is 1.48 bits per heavy atom. The highest BCUT2D eigenvalue weighted by Crippen LogP contribution is 2.31. The predicted molar refractivity (Wildman–Crippen MR) is 83.9 cm³/mol. The zero-order chi connectivity index (χ0) is 15.8. The van der Waals surface area contributed by atoms with E-state index in [4.69, 9.17) is 33.7 Å². The molecular weight excluding hydrogens is 315 g/mol. The highest BCUT2D eigenvalue weighted by Gasteiger charge is 2.11. The van der Waals surface area contributed by atoms with E-state index in [9.17, 15) is 9.90 Å². The zero-order valence-corrected chi connectivity index (χ0v) is 13.3. The molecule has 1 amide bonds. The summed E-state index contributed by atoms with van der Waals surface area (Å²) in [6.45, 7) is 1.95. The topological polar surface area (TPSA) is 84.6 Å². The maximum Gasteiger partial charge on any atom is 0.220 e. The number of amides is 1. The number of carbonyl (C=O) groups is 1. The predicted octanol–water partition coefficient (Wildman–Crippen LogP) is 1.98. The summed E-state index contributed by atoms with van der Waals surface area (Å²) in [6.07, 6.45) is 0.112. The molecule has 0 aliphatic heterocycles. The molecule has 0 saturated heterocycles. The fraction of sp³-hybridized carbons (Fsp3) is 0.500. The Hall–Kier alpha value is -1.01. The molecule has 0 bridgehead atoms. The lowest BCUT2D eigenvalue weighted by Crippen LogP contribution is -2.35. The van der Waals surface area contributed by atoms with Gasteiger partial charge in [-0.2, -0.15) is 0 Å². The Bertz CT molecular complexity index is 470. The van der Waals surface area contributed by atoms with Crippen LogP contribution in [-0.2, 0) is 4.79 Å². The molecule has 0 fully saturated rings. The minimum atomic E-state index is -0.834. The summed E-state index contributed by atoms with van der Waals surface area (Å²) >= 11 is 11.8. The summed E-state index contributed by atoms with van der Waals surface area (Å²) in [5.41, 5.74) is 5.56. The molecule has 2 unspecified atom stereocenters. The lowest BCUT2D eigenvalue weighted by Gasteiger charge is -2.14. The standard InChI is InChI=1S/C14H20Cl2N2O3/c1-9(17)5-6-13(20)18-7-10(19)8-21-12-4-2-3-11(15)14(12)16/h2-4,9-10,19H,5-8,17H2,1H3,(H,18,20). The highest BCUT2D eigenvalue weighted by molar-refractivity contribution is 6.42. The maximum atomic E-state index is 11.5. The van der Waals surface area contributed by atoms with Gasteiger partial charge in [0.15, 0.2) is 0 Å². The van der Waals surface area contributed by atoms with Crippen LogP contribution in [0.25, 0.3) is 0 Å². The average Bonchev–Trinajstić information content (AvgIpc) is 2.44. The number of ether oxygens (including phenoxy) is 1. The molecule has 5 nitrogen and oxygen atoms in total. The Labute approximate surface area is 134 Å². The summed E-state index contributed by atoms with van der Waals surface area (Å²) in [5.74, 6) is 0.249. The molecule has 0 aliphatic carbocycles. The molecule has 4 N–H and O–H groups in total. The normalized spacial score (nSPS) is 13.6. The van der Waals surface area contributed by atoms with E-state index in [0.717, 1.165) is 0 Å². The number of halogens is 2. The van der Waals surface area contributed by atoms with Crippen LogP contribution >= 0.6 is 23.2 Å². The SMILES string of the molecule is CC(N)CCC(=O)NCC(O)COc1cccc(Cl)c1Cl. The van der Waals surface area contributed by atoms with Crippen molar-refractivity contribution in [3.63, 3.8) is 0 Å². The lowest BCUT2D eigenvalue weighted by molar-refractivity contribution is -0.121. The second kappa shape index (κ2) is 9.10. The van der Waals surface area contributed by atoms with Crippen molar-refractivity contribution in [3.05, 3.63) is 28.2 Å². The van der Waals surface area contributed by atoms with Crippen LogP contribution in [0.2, 0.25) is 10.0 Å². The maximum absolute atomic E-state index is 11.5. The number of nitrogens with two attached hydrogens (primary N) is 1. The Kier molecular flexibility index (Phi) is 7.82. The summed E-state index contributed by atoms with van der Waals surface area (Å²) < 4.78 is 5.37. The molecule has 0 aromatic heterocycles. The summed E-state index contributed by atoms with van der Waals surface area (Å²) in [7, 11) is 0. The minimum Gasteiger partial charge on any atom is -0.489 e. The van der Waals surface area contributed by atoms with Gasteiger partial charge in [-0.15, -0.1) is 0 Å². The van der Waals surface area contributed by atoms with E-state index in [-0.39, 0.29) is 25.1 Å². The molecule has 0 heterocycles. The molecule has 0 radical (unpaired) electrons. The van der Waals surface area contributed by atoms with Gasteiger partial charge in [-0.3, -0.25) is 4.79 Å². The van der Waals surface area contributed by atoms with E-state index in [1.165, 1.54) is 0 Å². The molecule has 0 saturated carbocycles. The van der Waals surface area contributed by atoms with Gasteiger partial charge in [-0.05, 0) is 25.5 Å². The van der Waals surface area contributed by atoms with Crippen LogP contribution in [0.5, 0.6) is 5.75 Å². The van der Waals surface area contributed by atoms with Crippen molar-refractivity contribution < 1.29 is 14.6 Å². The first kappa shape index (κ1) is 18.0. The average molecular weight is 335 g/mol. The van der Waals surface area contributed by atoms with Crippen molar-refractivity contribution >= 4 is 29.1 Å². The molecule has 21 heavy (non-hydrogen) atoms. The van der Waals surface area contributed by atoms with Crippen LogP contribution in [0.4, 0.5) is 0 Å². The number of aliphatic hydroxyl groups is 1. The number of rotatable bonds is 8. The second-order valence-corrected chi connectivity index (χ2v) is 5.62. The van der Waals surface area contributed by atoms with E-state index < -0.39 is 6.10 Å². The van der Waals surface area contributed by atoms with Crippen molar-refractivity contribution in [2.24, 2.45) is 5.73 Å². The van der Waals surface area contributed by atoms with Gasteiger partial charge < -0.3 is 20.9 Å².